The molecule has 11 heteroatoms. The normalized spacial score (nSPS) is 22.7. The molecule has 3 aliphatic heterocycles. The summed E-state index contributed by atoms with van der Waals surface area (Å²) in [4.78, 5) is 19.0. The van der Waals surface area contributed by atoms with Crippen LogP contribution in [0.5, 0.6) is 0 Å². The number of anilines is 2. The number of halogens is 1. The largest absolute Gasteiger partial charge is 0.440 e. The third kappa shape index (κ3) is 3.68. The molecule has 0 aliphatic carbocycles. The summed E-state index contributed by atoms with van der Waals surface area (Å²) < 4.78 is 33.2. The summed E-state index contributed by atoms with van der Waals surface area (Å²) in [6.07, 6.45) is 1.65. The van der Waals surface area contributed by atoms with Gasteiger partial charge in [0, 0.05) is 31.1 Å². The second kappa shape index (κ2) is 7.79. The number of amides is 1. The van der Waals surface area contributed by atoms with Crippen LogP contribution in [0.1, 0.15) is 12.8 Å². The molecule has 162 valence electrons. The summed E-state index contributed by atoms with van der Waals surface area (Å²) in [6, 6.07) is 4.76. The van der Waals surface area contributed by atoms with Crippen molar-refractivity contribution in [2.75, 3.05) is 42.6 Å². The minimum Gasteiger partial charge on any atom is -0.440 e. The van der Waals surface area contributed by atoms with Crippen LogP contribution in [0.3, 0.4) is 0 Å². The Bertz CT molecular complexity index is 1020. The van der Waals surface area contributed by atoms with Crippen molar-refractivity contribution in [2.24, 2.45) is 0 Å². The number of benzene rings is 1. The second-order valence-electron chi connectivity index (χ2n) is 7.73. The zero-order valence-corrected chi connectivity index (χ0v) is 16.7. The fraction of sp³-hybridized carbons (Fsp3) is 0.500. The number of hydrogen-bond acceptors (Lipinski definition) is 7. The summed E-state index contributed by atoms with van der Waals surface area (Å²) in [5, 5.41) is 7.53. The first-order chi connectivity index (χ1) is 15.1. The SMILES string of the molecule is [C-]#[N+]c1cnnn1C[C@H]1CN(c2ccc(N3CCC4(CC3)OCCO4)c(F)c2)C(=O)O1. The molecule has 1 atom stereocenters. The fourth-order valence-corrected chi connectivity index (χ4v) is 4.28. The van der Waals surface area contributed by atoms with E-state index in [1.54, 1.807) is 12.1 Å². The van der Waals surface area contributed by atoms with Gasteiger partial charge in [-0.15, -0.1) is 5.10 Å². The van der Waals surface area contributed by atoms with E-state index in [9.17, 15) is 9.18 Å². The molecule has 10 nitrogen and oxygen atoms in total. The summed E-state index contributed by atoms with van der Waals surface area (Å²) >= 11 is 0. The third-order valence-corrected chi connectivity index (χ3v) is 5.88. The first-order valence-electron chi connectivity index (χ1n) is 10.1. The molecule has 0 bridgehead atoms. The van der Waals surface area contributed by atoms with Gasteiger partial charge in [-0.1, -0.05) is 6.57 Å². The zero-order chi connectivity index (χ0) is 21.4. The van der Waals surface area contributed by atoms with Crippen LogP contribution < -0.4 is 9.80 Å². The van der Waals surface area contributed by atoms with E-state index in [1.807, 2.05) is 4.90 Å². The van der Waals surface area contributed by atoms with Crippen LogP contribution in [0.15, 0.2) is 24.4 Å². The summed E-state index contributed by atoms with van der Waals surface area (Å²) in [5.41, 5.74) is 0.915. The first kappa shape index (κ1) is 19.7. The molecule has 0 N–H and O–H groups in total. The lowest BCUT2D eigenvalue weighted by molar-refractivity contribution is -0.169. The van der Waals surface area contributed by atoms with Crippen molar-refractivity contribution in [1.82, 2.24) is 15.0 Å². The summed E-state index contributed by atoms with van der Waals surface area (Å²) in [6.45, 7) is 10.0. The number of piperidine rings is 1. The number of carbonyl (C=O) groups excluding carboxylic acids is 1. The molecule has 3 saturated heterocycles. The van der Waals surface area contributed by atoms with Gasteiger partial charge in [0.2, 0.25) is 0 Å². The van der Waals surface area contributed by atoms with Gasteiger partial charge < -0.3 is 24.0 Å². The lowest BCUT2D eigenvalue weighted by Crippen LogP contribution is -2.45. The Morgan fingerprint density at radius 3 is 2.74 bits per heavy atom. The van der Waals surface area contributed by atoms with Crippen molar-refractivity contribution < 1.29 is 23.4 Å². The van der Waals surface area contributed by atoms with Crippen molar-refractivity contribution in [3.05, 3.63) is 41.6 Å². The van der Waals surface area contributed by atoms with Gasteiger partial charge in [-0.2, -0.15) is 4.68 Å². The highest BCUT2D eigenvalue weighted by Gasteiger charge is 2.40. The Kier molecular flexibility index (Phi) is 4.95. The molecule has 3 fully saturated rings. The van der Waals surface area contributed by atoms with Gasteiger partial charge in [0.1, 0.15) is 12.4 Å². The van der Waals surface area contributed by atoms with Crippen LogP contribution >= 0.6 is 0 Å². The standard InChI is InChI=1S/C20H21FN6O4/c1-22-18-11-23-24-27(18)13-15-12-26(19(28)31-15)14-2-3-17(16(21)10-14)25-6-4-20(5-7-25)29-8-9-30-20/h2-3,10-11,15H,4-9,12-13H2/t15-/m1/s1. The lowest BCUT2D eigenvalue weighted by atomic mass is 10.0. The molecule has 1 amide bonds. The number of cyclic esters (lactones) is 1. The molecule has 0 radical (unpaired) electrons. The van der Waals surface area contributed by atoms with Crippen LogP contribution in [0, 0.1) is 12.4 Å². The number of hydrogen-bond donors (Lipinski definition) is 0. The Balaban J connectivity index is 1.25. The van der Waals surface area contributed by atoms with E-state index in [2.05, 4.69) is 15.2 Å². The average Bonchev–Trinajstić information content (AvgIpc) is 3.50. The van der Waals surface area contributed by atoms with Crippen LogP contribution in [-0.4, -0.2) is 65.8 Å². The second-order valence-corrected chi connectivity index (χ2v) is 7.73. The predicted octanol–water partition coefficient (Wildman–Crippen LogP) is 2.34. The van der Waals surface area contributed by atoms with Gasteiger partial charge in [-0.05, 0) is 18.2 Å². The van der Waals surface area contributed by atoms with E-state index in [4.69, 9.17) is 20.8 Å². The van der Waals surface area contributed by atoms with E-state index >= 15 is 0 Å². The molecule has 0 unspecified atom stereocenters. The first-order valence-corrected chi connectivity index (χ1v) is 10.1. The highest BCUT2D eigenvalue weighted by Crippen LogP contribution is 2.35. The van der Waals surface area contributed by atoms with Crippen LogP contribution in [0.25, 0.3) is 4.85 Å². The highest BCUT2D eigenvalue weighted by molar-refractivity contribution is 5.90. The number of rotatable bonds is 4. The van der Waals surface area contributed by atoms with E-state index < -0.39 is 23.8 Å². The molecule has 1 aromatic heterocycles. The maximum atomic E-state index is 14.9. The van der Waals surface area contributed by atoms with Gasteiger partial charge in [-0.25, -0.2) is 9.18 Å². The van der Waals surface area contributed by atoms with Crippen molar-refractivity contribution >= 4 is 23.3 Å². The zero-order valence-electron chi connectivity index (χ0n) is 16.7. The van der Waals surface area contributed by atoms with Crippen molar-refractivity contribution in [3.8, 4) is 0 Å². The van der Waals surface area contributed by atoms with Crippen molar-refractivity contribution in [1.29, 1.82) is 0 Å². The molecular weight excluding hydrogens is 407 g/mol. The van der Waals surface area contributed by atoms with E-state index in [1.165, 1.54) is 21.8 Å². The van der Waals surface area contributed by atoms with Gasteiger partial charge >= 0.3 is 6.09 Å². The van der Waals surface area contributed by atoms with Crippen LogP contribution in [0.2, 0.25) is 0 Å². The Morgan fingerprint density at radius 1 is 1.26 bits per heavy atom. The van der Waals surface area contributed by atoms with Crippen LogP contribution in [-0.2, 0) is 20.8 Å². The number of nitrogens with zero attached hydrogens (tertiary/aromatic N) is 6. The molecule has 31 heavy (non-hydrogen) atoms. The Hall–Kier alpha value is -3.23. The van der Waals surface area contributed by atoms with Crippen LogP contribution in [0.4, 0.5) is 26.4 Å². The van der Waals surface area contributed by atoms with Gasteiger partial charge in [0.25, 0.3) is 5.82 Å². The van der Waals surface area contributed by atoms with Crippen molar-refractivity contribution in [2.45, 2.75) is 31.3 Å². The molecule has 0 saturated carbocycles. The quantitative estimate of drug-likeness (QED) is 0.691. The molecule has 3 aliphatic rings. The average molecular weight is 428 g/mol. The van der Waals surface area contributed by atoms with Gasteiger partial charge in [0.15, 0.2) is 11.9 Å². The van der Waals surface area contributed by atoms with Gasteiger partial charge in [-0.3, -0.25) is 4.90 Å². The third-order valence-electron chi connectivity index (χ3n) is 5.88. The maximum Gasteiger partial charge on any atom is 0.414 e. The van der Waals surface area contributed by atoms with E-state index in [0.29, 0.717) is 50.5 Å². The molecular formula is C20H21FN6O4. The number of carbonyl (C=O) groups is 1. The predicted molar refractivity (Wildman–Crippen MR) is 106 cm³/mol. The summed E-state index contributed by atoms with van der Waals surface area (Å²) in [5.74, 6) is -0.649. The Labute approximate surface area is 177 Å². The number of ether oxygens (including phenoxy) is 3. The van der Waals surface area contributed by atoms with E-state index in [-0.39, 0.29) is 18.9 Å². The molecule has 5 rings (SSSR count). The smallest absolute Gasteiger partial charge is 0.414 e. The minimum absolute atomic E-state index is 0.209. The summed E-state index contributed by atoms with van der Waals surface area (Å²) in [7, 11) is 0. The maximum absolute atomic E-state index is 14.9. The van der Waals surface area contributed by atoms with Gasteiger partial charge in [0.05, 0.1) is 37.3 Å². The number of aromatic nitrogens is 3. The van der Waals surface area contributed by atoms with Crippen molar-refractivity contribution in [3.63, 3.8) is 0 Å². The lowest BCUT2D eigenvalue weighted by Gasteiger charge is -2.38. The highest BCUT2D eigenvalue weighted by atomic mass is 19.1. The monoisotopic (exact) mass is 428 g/mol. The molecule has 1 spiro atoms. The molecule has 4 heterocycles. The molecule has 2 aromatic rings. The fourth-order valence-electron chi connectivity index (χ4n) is 4.28. The van der Waals surface area contributed by atoms with E-state index in [0.717, 1.165) is 0 Å². The minimum atomic E-state index is -0.558. The topological polar surface area (TPSA) is 86.3 Å². The Morgan fingerprint density at radius 2 is 2.03 bits per heavy atom. The molecule has 1 aromatic carbocycles.